The molecule has 0 saturated carbocycles. The van der Waals surface area contributed by atoms with Crippen LogP contribution in [0.15, 0.2) is 17.1 Å². The van der Waals surface area contributed by atoms with Crippen molar-refractivity contribution in [1.82, 2.24) is 9.55 Å². The lowest BCUT2D eigenvalue weighted by Crippen LogP contribution is -2.50. The molecule has 1 aliphatic heterocycles. The molecular formula is C10H15ClF2N3O13P3. The second-order valence-corrected chi connectivity index (χ2v) is 10.8. The summed E-state index contributed by atoms with van der Waals surface area (Å²) in [6.07, 6.45) is -4.64. The number of anilines is 1. The quantitative estimate of drug-likeness (QED) is 0.170. The summed E-state index contributed by atoms with van der Waals surface area (Å²) in [6, 6.07) is 0.958. The molecule has 0 bridgehead atoms. The fourth-order valence-electron chi connectivity index (χ4n) is 2.45. The van der Waals surface area contributed by atoms with Crippen molar-refractivity contribution in [2.24, 2.45) is 0 Å². The first kappa shape index (κ1) is 27.4. The van der Waals surface area contributed by atoms with Crippen molar-refractivity contribution in [2.45, 2.75) is 23.9 Å². The predicted octanol–water partition coefficient (Wildman–Crippen LogP) is -0.329. The van der Waals surface area contributed by atoms with Crippen molar-refractivity contribution in [1.29, 1.82) is 0 Å². The van der Waals surface area contributed by atoms with Crippen LogP contribution in [0.4, 0.5) is 14.6 Å². The molecule has 2 unspecified atom stereocenters. The van der Waals surface area contributed by atoms with Gasteiger partial charge in [-0.1, -0.05) is 0 Å². The number of rotatable bonds is 9. The van der Waals surface area contributed by atoms with E-state index in [4.69, 9.17) is 36.8 Å². The van der Waals surface area contributed by atoms with Gasteiger partial charge in [-0.25, -0.2) is 18.5 Å². The smallest absolute Gasteiger partial charge is 0.383 e. The molecule has 0 radical (unpaired) electrons. The second kappa shape index (κ2) is 9.07. The van der Waals surface area contributed by atoms with Gasteiger partial charge in [0.1, 0.15) is 11.4 Å². The third-order valence-corrected chi connectivity index (χ3v) is 7.99. The summed E-state index contributed by atoms with van der Waals surface area (Å²) < 4.78 is 79.5. The van der Waals surface area contributed by atoms with E-state index in [0.29, 0.717) is 0 Å². The van der Waals surface area contributed by atoms with Crippen molar-refractivity contribution in [3.8, 4) is 0 Å². The first-order chi connectivity index (χ1) is 14.3. The summed E-state index contributed by atoms with van der Waals surface area (Å²) in [4.78, 5) is 50.6. The zero-order chi connectivity index (χ0) is 24.8. The lowest BCUT2D eigenvalue weighted by Gasteiger charge is -2.29. The van der Waals surface area contributed by atoms with Crippen molar-refractivity contribution < 1.29 is 65.0 Å². The maximum absolute atomic E-state index is 14.7. The fraction of sp³-hybridized carbons (Fsp3) is 0.600. The Labute approximate surface area is 180 Å². The van der Waals surface area contributed by atoms with Crippen LogP contribution in [0, 0.1) is 0 Å². The minimum absolute atomic E-state index is 0.249. The van der Waals surface area contributed by atoms with E-state index in [2.05, 4.69) is 18.1 Å². The number of hydrogen-bond acceptors (Lipinski definition) is 11. The number of nitrogens with two attached hydrogens (primary N) is 1. The molecule has 22 heteroatoms. The maximum atomic E-state index is 14.7. The van der Waals surface area contributed by atoms with Gasteiger partial charge >= 0.3 is 35.1 Å². The monoisotopic (exact) mass is 551 g/mol. The van der Waals surface area contributed by atoms with E-state index < -0.39 is 65.5 Å². The topological polar surface area (TPSA) is 250 Å². The highest BCUT2D eigenvalue weighted by molar-refractivity contribution is 7.66. The van der Waals surface area contributed by atoms with Gasteiger partial charge < -0.3 is 35.2 Å². The van der Waals surface area contributed by atoms with E-state index in [1.807, 2.05) is 0 Å². The van der Waals surface area contributed by atoms with Crippen LogP contribution in [0.25, 0.3) is 0 Å². The second-order valence-electron chi connectivity index (χ2n) is 6.15. The average molecular weight is 552 g/mol. The predicted molar refractivity (Wildman–Crippen MR) is 97.3 cm³/mol. The lowest BCUT2D eigenvalue weighted by atomic mass is 9.97. The summed E-state index contributed by atoms with van der Waals surface area (Å²) in [5.41, 5.74) is 1.27. The van der Waals surface area contributed by atoms with Gasteiger partial charge in [-0.15, -0.1) is 11.6 Å². The third kappa shape index (κ3) is 6.18. The number of aliphatic hydroxyl groups excluding tert-OH is 1. The van der Waals surface area contributed by atoms with E-state index >= 15 is 0 Å². The number of halogens is 3. The Morgan fingerprint density at radius 1 is 1.22 bits per heavy atom. The van der Waals surface area contributed by atoms with Gasteiger partial charge in [-0.3, -0.25) is 9.09 Å². The molecule has 1 aromatic heterocycles. The average Bonchev–Trinajstić information content (AvgIpc) is 2.78. The molecule has 2 heterocycles. The van der Waals surface area contributed by atoms with Gasteiger partial charge in [-0.05, 0) is 6.07 Å². The summed E-state index contributed by atoms with van der Waals surface area (Å²) >= 11 is 5.59. The number of aromatic nitrogens is 2. The molecule has 1 fully saturated rings. The molecule has 184 valence electrons. The molecule has 1 saturated heterocycles. The molecule has 16 nitrogen and oxygen atoms in total. The van der Waals surface area contributed by atoms with Crippen LogP contribution in [0.5, 0.6) is 0 Å². The molecule has 0 spiro atoms. The van der Waals surface area contributed by atoms with Gasteiger partial charge in [0.05, 0.1) is 12.5 Å². The van der Waals surface area contributed by atoms with Crippen LogP contribution in [0.3, 0.4) is 0 Å². The van der Waals surface area contributed by atoms with Gasteiger partial charge in [0.25, 0.3) is 0 Å². The minimum Gasteiger partial charge on any atom is -0.383 e. The largest absolute Gasteiger partial charge is 0.490 e. The number of phosphoric ester groups is 1. The number of ether oxygens (including phenoxy) is 1. The van der Waals surface area contributed by atoms with Crippen LogP contribution in [-0.4, -0.2) is 64.3 Å². The van der Waals surface area contributed by atoms with E-state index in [0.717, 1.165) is 12.3 Å². The van der Waals surface area contributed by atoms with Crippen LogP contribution in [0.2, 0.25) is 0 Å². The van der Waals surface area contributed by atoms with Crippen molar-refractivity contribution in [2.75, 3.05) is 18.2 Å². The Kier molecular flexibility index (Phi) is 7.77. The van der Waals surface area contributed by atoms with Gasteiger partial charge in [-0.2, -0.15) is 22.4 Å². The zero-order valence-electron chi connectivity index (χ0n) is 15.2. The molecule has 2 rings (SSSR count). The summed E-state index contributed by atoms with van der Waals surface area (Å²) in [6.45, 7) is -1.50. The van der Waals surface area contributed by atoms with Crippen LogP contribution >= 0.6 is 35.1 Å². The number of nitrogens with zero attached hydrogens (tertiary/aromatic N) is 2. The number of nitrogen functional groups attached to an aromatic ring is 1. The van der Waals surface area contributed by atoms with E-state index in [-0.39, 0.29) is 10.4 Å². The highest BCUT2D eigenvalue weighted by atomic mass is 35.5. The van der Waals surface area contributed by atoms with Gasteiger partial charge in [0.2, 0.25) is 6.23 Å². The minimum atomic E-state index is -5.89. The standard InChI is InChI=1S/C10H15ClF2N3O13P3/c11-3-9(4-26-31(22,23)29-32(24,25)28-30(19,20)21)6(17)10(12,13)7(27-9)16-2-1-5(14)15-8(16)18/h1-2,6-7,17H,3-4H2,(H,22,23)(H,24,25)(H2,14,15,18)(H2,19,20,21)/t6-,7-,9-/m1/s1. The number of aliphatic hydroxyl groups is 1. The molecule has 0 aliphatic carbocycles. The molecule has 7 N–H and O–H groups in total. The van der Waals surface area contributed by atoms with E-state index in [1.165, 1.54) is 0 Å². The molecule has 1 aromatic rings. The number of hydrogen-bond donors (Lipinski definition) is 6. The summed E-state index contributed by atoms with van der Waals surface area (Å²) in [7, 11) is -17.3. The molecule has 1 aliphatic rings. The highest BCUT2D eigenvalue weighted by Crippen LogP contribution is 2.66. The highest BCUT2D eigenvalue weighted by Gasteiger charge is 2.67. The number of alkyl halides is 3. The Bertz CT molecular complexity index is 1070. The van der Waals surface area contributed by atoms with Gasteiger partial charge in [0.15, 0.2) is 6.10 Å². The van der Waals surface area contributed by atoms with Gasteiger partial charge in [0, 0.05) is 6.20 Å². The van der Waals surface area contributed by atoms with Crippen molar-refractivity contribution >= 4 is 40.9 Å². The normalized spacial score (nSPS) is 29.4. The van der Waals surface area contributed by atoms with Crippen molar-refractivity contribution in [3.05, 3.63) is 22.7 Å². The zero-order valence-corrected chi connectivity index (χ0v) is 18.6. The maximum Gasteiger partial charge on any atom is 0.490 e. The SMILES string of the molecule is Nc1ccn([C@@H]2O[C@](CCl)(COP(=O)(O)OP(=O)(O)OP(=O)(O)O)[C@@H](O)C2(F)F)c(=O)n1. The Balaban J connectivity index is 2.27. The van der Waals surface area contributed by atoms with E-state index in [9.17, 15) is 37.3 Å². The summed E-state index contributed by atoms with van der Waals surface area (Å²) in [5, 5.41) is 10.1. The Morgan fingerprint density at radius 2 is 1.81 bits per heavy atom. The summed E-state index contributed by atoms with van der Waals surface area (Å²) in [5.74, 6) is -5.60. The van der Waals surface area contributed by atoms with Crippen molar-refractivity contribution in [3.63, 3.8) is 0 Å². The third-order valence-electron chi connectivity index (χ3n) is 3.76. The molecule has 0 amide bonds. The molecular weight excluding hydrogens is 536 g/mol. The van der Waals surface area contributed by atoms with Crippen LogP contribution < -0.4 is 11.4 Å². The molecule has 0 aromatic carbocycles. The van der Waals surface area contributed by atoms with Crippen LogP contribution in [-0.2, 0) is 31.6 Å². The first-order valence-electron chi connectivity index (χ1n) is 7.77. The lowest BCUT2D eigenvalue weighted by molar-refractivity contribution is -0.143. The molecule has 5 atom stereocenters. The molecule has 32 heavy (non-hydrogen) atoms. The number of phosphoric acid groups is 3. The first-order valence-corrected chi connectivity index (χ1v) is 12.8. The Hall–Kier alpha value is -0.840. The fourth-order valence-corrected chi connectivity index (χ4v) is 5.81. The Morgan fingerprint density at radius 3 is 2.31 bits per heavy atom. The van der Waals surface area contributed by atoms with E-state index in [1.54, 1.807) is 0 Å². The van der Waals surface area contributed by atoms with Crippen LogP contribution in [0.1, 0.15) is 6.23 Å².